The lowest BCUT2D eigenvalue weighted by Gasteiger charge is -2.18. The molecule has 0 aliphatic carbocycles. The summed E-state index contributed by atoms with van der Waals surface area (Å²) >= 11 is 0. The Morgan fingerprint density at radius 1 is 0.714 bits per heavy atom. The minimum atomic E-state index is 0.438. The van der Waals surface area contributed by atoms with Crippen LogP contribution in [0.3, 0.4) is 0 Å². The number of benzene rings is 2. The topological polar surface area (TPSA) is 30.7 Å². The second-order valence-electron chi connectivity index (χ2n) is 6.07. The number of hydrogen-bond donors (Lipinski definition) is 0. The van der Waals surface area contributed by atoms with Gasteiger partial charge in [-0.3, -0.25) is 0 Å². The van der Waals surface area contributed by atoms with Gasteiger partial charge in [0, 0.05) is 0 Å². The molecule has 21 heavy (non-hydrogen) atoms. The molecule has 0 spiro atoms. The third-order valence-electron chi connectivity index (χ3n) is 3.83. The maximum absolute atomic E-state index is 4.67. The van der Waals surface area contributed by atoms with Gasteiger partial charge in [-0.05, 0) is 35.1 Å². The Labute approximate surface area is 125 Å². The molecule has 0 unspecified atom stereocenters. The van der Waals surface area contributed by atoms with Crippen LogP contribution < -0.4 is 0 Å². The zero-order valence-electron chi connectivity index (χ0n) is 13.0. The molecule has 1 heterocycles. The highest BCUT2D eigenvalue weighted by Gasteiger charge is 2.17. The van der Waals surface area contributed by atoms with Crippen molar-refractivity contribution in [1.82, 2.24) is 15.0 Å². The summed E-state index contributed by atoms with van der Waals surface area (Å²) in [6, 6.07) is 14.5. The van der Waals surface area contributed by atoms with Gasteiger partial charge in [-0.15, -0.1) is 15.0 Å². The van der Waals surface area contributed by atoms with Crippen molar-refractivity contribution in [3.63, 3.8) is 0 Å². The van der Waals surface area contributed by atoms with E-state index in [1.54, 1.807) is 0 Å². The zero-order valence-corrected chi connectivity index (χ0v) is 13.0. The lowest BCUT2D eigenvalue weighted by Crippen LogP contribution is -2.09. The zero-order chi connectivity index (χ0) is 15.0. The van der Waals surface area contributed by atoms with Crippen LogP contribution >= 0.6 is 0 Å². The summed E-state index contributed by atoms with van der Waals surface area (Å²) in [4.78, 5) is 1.81. The van der Waals surface area contributed by atoms with Gasteiger partial charge >= 0.3 is 0 Å². The molecule has 0 atom stereocenters. The predicted octanol–water partition coefficient (Wildman–Crippen LogP) is 4.67. The first kappa shape index (κ1) is 13.8. The van der Waals surface area contributed by atoms with Gasteiger partial charge in [0.2, 0.25) is 0 Å². The molecule has 0 aliphatic rings. The Bertz CT molecular complexity index is 710. The summed E-state index contributed by atoms with van der Waals surface area (Å²) < 4.78 is 0. The molecule has 3 rings (SSSR count). The summed E-state index contributed by atoms with van der Waals surface area (Å²) in [5.41, 5.74) is 5.60. The lowest BCUT2D eigenvalue weighted by molar-refractivity contribution is 0.712. The fourth-order valence-electron chi connectivity index (χ4n) is 2.70. The molecule has 108 valence electrons. The Balaban J connectivity index is 2.28. The minimum absolute atomic E-state index is 0.438. The number of rotatable bonds is 3. The Kier molecular flexibility index (Phi) is 3.50. The Morgan fingerprint density at radius 2 is 1.19 bits per heavy atom. The molecule has 3 aromatic rings. The van der Waals surface area contributed by atoms with Crippen molar-refractivity contribution in [3.8, 4) is 5.69 Å². The van der Waals surface area contributed by atoms with Gasteiger partial charge < -0.3 is 0 Å². The smallest absolute Gasteiger partial charge is 0.113 e. The van der Waals surface area contributed by atoms with Crippen molar-refractivity contribution in [2.45, 2.75) is 39.5 Å². The molecule has 0 N–H and O–H groups in total. The normalized spacial score (nSPS) is 11.7. The molecule has 0 aliphatic heterocycles. The van der Waals surface area contributed by atoms with Crippen LogP contribution in [0.1, 0.15) is 50.7 Å². The molecule has 3 heteroatoms. The standard InChI is InChI=1S/C18H21N3/c1-12(2)14-8-7-9-15(13(3)4)18(14)21-19-16-10-5-6-11-17(16)20-21/h5-13H,1-4H3. The van der Waals surface area contributed by atoms with Gasteiger partial charge in [-0.1, -0.05) is 58.0 Å². The Hall–Kier alpha value is -2.16. The number of fused-ring (bicyclic) bond motifs is 1. The molecule has 1 aromatic heterocycles. The highest BCUT2D eigenvalue weighted by Crippen LogP contribution is 2.30. The first-order valence-corrected chi connectivity index (χ1v) is 7.53. The number of hydrogen-bond acceptors (Lipinski definition) is 2. The third kappa shape index (κ3) is 2.44. The van der Waals surface area contributed by atoms with Gasteiger partial charge in [0.05, 0.1) is 5.69 Å². The van der Waals surface area contributed by atoms with E-state index in [4.69, 9.17) is 0 Å². The van der Waals surface area contributed by atoms with E-state index in [0.717, 1.165) is 16.7 Å². The van der Waals surface area contributed by atoms with Crippen LogP contribution in [0.2, 0.25) is 0 Å². The predicted molar refractivity (Wildman–Crippen MR) is 87.0 cm³/mol. The molecule has 0 amide bonds. The maximum Gasteiger partial charge on any atom is 0.113 e. The average Bonchev–Trinajstić information content (AvgIpc) is 2.89. The Morgan fingerprint density at radius 3 is 1.62 bits per heavy atom. The average molecular weight is 279 g/mol. The van der Waals surface area contributed by atoms with Crippen LogP contribution in [0.5, 0.6) is 0 Å². The van der Waals surface area contributed by atoms with Crippen LogP contribution in [-0.4, -0.2) is 15.0 Å². The maximum atomic E-state index is 4.67. The van der Waals surface area contributed by atoms with Crippen molar-refractivity contribution < 1.29 is 0 Å². The summed E-state index contributed by atoms with van der Waals surface area (Å²) in [7, 11) is 0. The fraction of sp³-hybridized carbons (Fsp3) is 0.333. The van der Waals surface area contributed by atoms with E-state index >= 15 is 0 Å². The van der Waals surface area contributed by atoms with Crippen molar-refractivity contribution in [3.05, 3.63) is 53.6 Å². The highest BCUT2D eigenvalue weighted by atomic mass is 15.5. The molecule has 0 bridgehead atoms. The molecule has 0 saturated heterocycles. The van der Waals surface area contributed by atoms with Crippen LogP contribution in [0.15, 0.2) is 42.5 Å². The van der Waals surface area contributed by atoms with E-state index in [0.29, 0.717) is 11.8 Å². The highest BCUT2D eigenvalue weighted by molar-refractivity contribution is 5.73. The SMILES string of the molecule is CC(C)c1cccc(C(C)C)c1-n1nc2ccccc2n1. The van der Waals surface area contributed by atoms with Crippen LogP contribution in [0.25, 0.3) is 16.7 Å². The van der Waals surface area contributed by atoms with E-state index in [9.17, 15) is 0 Å². The summed E-state index contributed by atoms with van der Waals surface area (Å²) in [6.45, 7) is 8.86. The van der Waals surface area contributed by atoms with Crippen molar-refractivity contribution in [1.29, 1.82) is 0 Å². The molecular weight excluding hydrogens is 258 g/mol. The second-order valence-corrected chi connectivity index (χ2v) is 6.07. The molecule has 0 radical (unpaired) electrons. The van der Waals surface area contributed by atoms with Gasteiger partial charge in [0.15, 0.2) is 0 Å². The molecule has 3 nitrogen and oxygen atoms in total. The van der Waals surface area contributed by atoms with Gasteiger partial charge in [0.1, 0.15) is 11.0 Å². The van der Waals surface area contributed by atoms with Crippen LogP contribution in [-0.2, 0) is 0 Å². The van der Waals surface area contributed by atoms with Gasteiger partial charge in [-0.25, -0.2) is 0 Å². The van der Waals surface area contributed by atoms with Gasteiger partial charge in [0.25, 0.3) is 0 Å². The summed E-state index contributed by atoms with van der Waals surface area (Å²) in [5, 5.41) is 9.35. The van der Waals surface area contributed by atoms with Crippen molar-refractivity contribution in [2.24, 2.45) is 0 Å². The van der Waals surface area contributed by atoms with Crippen LogP contribution in [0, 0.1) is 0 Å². The molecule has 0 saturated carbocycles. The van der Waals surface area contributed by atoms with E-state index < -0.39 is 0 Å². The van der Waals surface area contributed by atoms with Gasteiger partial charge in [-0.2, -0.15) is 0 Å². The molecule has 2 aromatic carbocycles. The number of para-hydroxylation sites is 1. The van der Waals surface area contributed by atoms with Crippen molar-refractivity contribution in [2.75, 3.05) is 0 Å². The largest absolute Gasteiger partial charge is 0.150 e. The van der Waals surface area contributed by atoms with E-state index in [1.165, 1.54) is 11.1 Å². The fourth-order valence-corrected chi connectivity index (χ4v) is 2.70. The van der Waals surface area contributed by atoms with Crippen molar-refractivity contribution >= 4 is 11.0 Å². The number of nitrogens with zero attached hydrogens (tertiary/aromatic N) is 3. The number of aromatic nitrogens is 3. The lowest BCUT2D eigenvalue weighted by atomic mass is 9.93. The second kappa shape index (κ2) is 5.32. The summed E-state index contributed by atoms with van der Waals surface area (Å²) in [6.07, 6.45) is 0. The molecular formula is C18H21N3. The van der Waals surface area contributed by atoms with E-state index in [-0.39, 0.29) is 0 Å². The first-order valence-electron chi connectivity index (χ1n) is 7.53. The molecule has 0 fully saturated rings. The van der Waals surface area contributed by atoms with E-state index in [1.807, 2.05) is 29.1 Å². The summed E-state index contributed by atoms with van der Waals surface area (Å²) in [5.74, 6) is 0.876. The third-order valence-corrected chi connectivity index (χ3v) is 3.83. The minimum Gasteiger partial charge on any atom is -0.150 e. The van der Waals surface area contributed by atoms with E-state index in [2.05, 4.69) is 56.1 Å². The monoisotopic (exact) mass is 279 g/mol. The van der Waals surface area contributed by atoms with Crippen LogP contribution in [0.4, 0.5) is 0 Å². The quantitative estimate of drug-likeness (QED) is 0.697. The first-order chi connectivity index (χ1) is 10.1.